The Hall–Kier alpha value is -1.96. The molecule has 1 aromatic rings. The Morgan fingerprint density at radius 3 is 2.83 bits per heavy atom. The predicted octanol–water partition coefficient (Wildman–Crippen LogP) is 0.505. The molecule has 0 fully saturated rings. The first kappa shape index (κ1) is 14.1. The van der Waals surface area contributed by atoms with Crippen LogP contribution in [0.25, 0.3) is 0 Å². The standard InChI is InChI=1S/C10H16N4O4/c1-7(10(15)16)12(3)4-5-13-8(2)11-6-9(13)14(17)18/h6-7H,4-5H2,1-3H3,(H,15,16). The maximum absolute atomic E-state index is 10.8. The number of aromatic nitrogens is 2. The second-order valence-corrected chi connectivity index (χ2v) is 4.07. The summed E-state index contributed by atoms with van der Waals surface area (Å²) in [5.74, 6) is -0.462. The van der Waals surface area contributed by atoms with E-state index in [2.05, 4.69) is 4.98 Å². The smallest absolute Gasteiger partial charge is 0.342 e. The van der Waals surface area contributed by atoms with Crippen molar-refractivity contribution < 1.29 is 14.8 Å². The van der Waals surface area contributed by atoms with Crippen molar-refractivity contribution in [2.24, 2.45) is 0 Å². The first-order chi connectivity index (χ1) is 8.34. The van der Waals surface area contributed by atoms with Crippen LogP contribution in [0.5, 0.6) is 0 Å². The number of aliphatic carboxylic acids is 1. The van der Waals surface area contributed by atoms with Crippen molar-refractivity contribution in [3.63, 3.8) is 0 Å². The molecule has 1 unspecified atom stereocenters. The van der Waals surface area contributed by atoms with Crippen molar-refractivity contribution in [2.45, 2.75) is 26.4 Å². The molecule has 1 atom stereocenters. The minimum Gasteiger partial charge on any atom is -0.480 e. The third kappa shape index (κ3) is 3.04. The van der Waals surface area contributed by atoms with Crippen LogP contribution in [0.1, 0.15) is 12.7 Å². The summed E-state index contributed by atoms with van der Waals surface area (Å²) in [5.41, 5.74) is 0. The van der Waals surface area contributed by atoms with Crippen LogP contribution < -0.4 is 0 Å². The van der Waals surface area contributed by atoms with Gasteiger partial charge >= 0.3 is 11.8 Å². The Morgan fingerprint density at radius 2 is 2.33 bits per heavy atom. The predicted molar refractivity (Wildman–Crippen MR) is 63.3 cm³/mol. The molecule has 1 N–H and O–H groups in total. The molecule has 18 heavy (non-hydrogen) atoms. The quantitative estimate of drug-likeness (QED) is 0.587. The Bertz CT molecular complexity index is 457. The topological polar surface area (TPSA) is 102 Å². The lowest BCUT2D eigenvalue weighted by molar-refractivity contribution is -0.392. The van der Waals surface area contributed by atoms with Crippen molar-refractivity contribution in [3.05, 3.63) is 22.1 Å². The van der Waals surface area contributed by atoms with Crippen LogP contribution >= 0.6 is 0 Å². The highest BCUT2D eigenvalue weighted by molar-refractivity contribution is 5.72. The molecular formula is C10H16N4O4. The van der Waals surface area contributed by atoms with Crippen LogP contribution in [0.15, 0.2) is 6.20 Å². The molecule has 8 nitrogen and oxygen atoms in total. The molecular weight excluding hydrogens is 240 g/mol. The molecule has 8 heteroatoms. The SMILES string of the molecule is Cc1ncc([N+](=O)[O-])n1CCN(C)C(C)C(=O)O. The van der Waals surface area contributed by atoms with Gasteiger partial charge in [-0.2, -0.15) is 0 Å². The molecule has 0 radical (unpaired) electrons. The highest BCUT2D eigenvalue weighted by Gasteiger charge is 2.20. The highest BCUT2D eigenvalue weighted by Crippen LogP contribution is 2.13. The van der Waals surface area contributed by atoms with Crippen molar-refractivity contribution in [2.75, 3.05) is 13.6 Å². The molecule has 0 aromatic carbocycles. The highest BCUT2D eigenvalue weighted by atomic mass is 16.6. The third-order valence-corrected chi connectivity index (χ3v) is 2.92. The summed E-state index contributed by atoms with van der Waals surface area (Å²) < 4.78 is 1.46. The summed E-state index contributed by atoms with van der Waals surface area (Å²) in [6.07, 6.45) is 1.20. The average molecular weight is 256 g/mol. The van der Waals surface area contributed by atoms with E-state index in [1.54, 1.807) is 25.8 Å². The van der Waals surface area contributed by atoms with Gasteiger partial charge in [-0.15, -0.1) is 0 Å². The van der Waals surface area contributed by atoms with Crippen molar-refractivity contribution in [3.8, 4) is 0 Å². The van der Waals surface area contributed by atoms with E-state index < -0.39 is 16.9 Å². The maximum Gasteiger partial charge on any atom is 0.342 e. The molecule has 0 spiro atoms. The average Bonchev–Trinajstić information content (AvgIpc) is 2.66. The zero-order valence-corrected chi connectivity index (χ0v) is 10.5. The number of rotatable bonds is 6. The van der Waals surface area contributed by atoms with Gasteiger partial charge in [0.05, 0.1) is 0 Å². The number of likely N-dealkylation sites (N-methyl/N-ethyl adjacent to an activating group) is 1. The molecule has 0 saturated carbocycles. The first-order valence-corrected chi connectivity index (χ1v) is 5.44. The number of aryl methyl sites for hydroxylation is 1. The molecule has 0 aliphatic heterocycles. The van der Waals surface area contributed by atoms with Crippen molar-refractivity contribution in [1.29, 1.82) is 0 Å². The van der Waals surface area contributed by atoms with Crippen LogP contribution in [0, 0.1) is 17.0 Å². The molecule has 0 amide bonds. The number of carbonyl (C=O) groups is 1. The molecule has 1 aromatic heterocycles. The van der Waals surface area contributed by atoms with E-state index in [0.717, 1.165) is 0 Å². The number of carboxylic acids is 1. The van der Waals surface area contributed by atoms with Gasteiger partial charge in [0, 0.05) is 13.5 Å². The molecule has 0 saturated heterocycles. The Kier molecular flexibility index (Phi) is 4.38. The summed E-state index contributed by atoms with van der Waals surface area (Å²) >= 11 is 0. The number of nitro groups is 1. The van der Waals surface area contributed by atoms with E-state index in [-0.39, 0.29) is 5.82 Å². The van der Waals surface area contributed by atoms with Gasteiger partial charge < -0.3 is 15.2 Å². The number of hydrogen-bond donors (Lipinski definition) is 1. The summed E-state index contributed by atoms with van der Waals surface area (Å²) in [7, 11) is 1.66. The van der Waals surface area contributed by atoms with Crippen LogP contribution in [-0.2, 0) is 11.3 Å². The van der Waals surface area contributed by atoms with Gasteiger partial charge in [-0.3, -0.25) is 9.69 Å². The largest absolute Gasteiger partial charge is 0.480 e. The van der Waals surface area contributed by atoms with Gasteiger partial charge in [0.15, 0.2) is 5.82 Å². The monoisotopic (exact) mass is 256 g/mol. The molecule has 0 aliphatic carbocycles. The summed E-state index contributed by atoms with van der Waals surface area (Å²) in [4.78, 5) is 26.5. The van der Waals surface area contributed by atoms with E-state index in [1.165, 1.54) is 10.8 Å². The second kappa shape index (κ2) is 5.58. The summed E-state index contributed by atoms with van der Waals surface area (Å²) in [6, 6.07) is -0.632. The van der Waals surface area contributed by atoms with Gasteiger partial charge in [-0.05, 0) is 18.9 Å². The van der Waals surface area contributed by atoms with Crippen molar-refractivity contribution in [1.82, 2.24) is 14.5 Å². The molecule has 1 heterocycles. The van der Waals surface area contributed by atoms with Crippen LogP contribution in [0.2, 0.25) is 0 Å². The fourth-order valence-corrected chi connectivity index (χ4v) is 1.52. The molecule has 100 valence electrons. The van der Waals surface area contributed by atoms with E-state index >= 15 is 0 Å². The minimum atomic E-state index is -0.922. The number of carboxylic acid groups (broad SMARTS) is 1. The minimum absolute atomic E-state index is 0.0797. The molecule has 0 bridgehead atoms. The number of nitrogens with zero attached hydrogens (tertiary/aromatic N) is 4. The van der Waals surface area contributed by atoms with Gasteiger partial charge in [-0.25, -0.2) is 9.55 Å². The van der Waals surface area contributed by atoms with E-state index in [4.69, 9.17) is 5.11 Å². The second-order valence-electron chi connectivity index (χ2n) is 4.07. The number of imidazole rings is 1. The first-order valence-electron chi connectivity index (χ1n) is 5.44. The van der Waals surface area contributed by atoms with E-state index in [9.17, 15) is 14.9 Å². The molecule has 1 rings (SSSR count). The summed E-state index contributed by atoms with van der Waals surface area (Å²) in [5, 5.41) is 19.6. The van der Waals surface area contributed by atoms with Gasteiger partial charge in [0.25, 0.3) is 0 Å². The fraction of sp³-hybridized carbons (Fsp3) is 0.600. The van der Waals surface area contributed by atoms with Gasteiger partial charge in [0.2, 0.25) is 0 Å². The van der Waals surface area contributed by atoms with E-state index in [0.29, 0.717) is 18.9 Å². The Morgan fingerprint density at radius 1 is 1.72 bits per heavy atom. The lowest BCUT2D eigenvalue weighted by atomic mass is 10.3. The Labute approximate surface area is 104 Å². The van der Waals surface area contributed by atoms with E-state index in [1.807, 2.05) is 0 Å². The summed E-state index contributed by atoms with van der Waals surface area (Å²) in [6.45, 7) is 3.97. The normalized spacial score (nSPS) is 12.7. The van der Waals surface area contributed by atoms with Crippen LogP contribution in [-0.4, -0.2) is 50.1 Å². The maximum atomic E-state index is 10.8. The van der Waals surface area contributed by atoms with Crippen molar-refractivity contribution >= 4 is 11.8 Å². The third-order valence-electron chi connectivity index (χ3n) is 2.92. The zero-order chi connectivity index (χ0) is 13.9. The van der Waals surface area contributed by atoms with Gasteiger partial charge in [-0.1, -0.05) is 0 Å². The Balaban J connectivity index is 2.72. The lowest BCUT2D eigenvalue weighted by Crippen LogP contribution is -2.37. The lowest BCUT2D eigenvalue weighted by Gasteiger charge is -2.20. The van der Waals surface area contributed by atoms with Crippen LogP contribution in [0.4, 0.5) is 5.82 Å². The fourth-order valence-electron chi connectivity index (χ4n) is 1.52. The van der Waals surface area contributed by atoms with Crippen LogP contribution in [0.3, 0.4) is 0 Å². The molecule has 0 aliphatic rings. The number of hydrogen-bond acceptors (Lipinski definition) is 5. The zero-order valence-electron chi connectivity index (χ0n) is 10.5. The van der Waals surface area contributed by atoms with Gasteiger partial charge in [0.1, 0.15) is 18.8 Å².